The third-order valence-electron chi connectivity index (χ3n) is 4.19. The smallest absolute Gasteiger partial charge is 0.251 e. The molecule has 6 heteroatoms. The zero-order chi connectivity index (χ0) is 21.7. The van der Waals surface area contributed by atoms with E-state index in [1.165, 1.54) is 0 Å². The van der Waals surface area contributed by atoms with Crippen LogP contribution in [-0.4, -0.2) is 35.8 Å². The summed E-state index contributed by atoms with van der Waals surface area (Å²) in [7, 11) is 0. The molecule has 1 aromatic rings. The normalized spacial score (nSPS) is 13.0. The third kappa shape index (κ3) is 7.71. The molecule has 1 rings (SSSR count). The SMILES string of the molecule is CC(C)[C@H](NC(=O)c1ccc(C(C)(C)C)cc1)C(=O)NCC(=O)NC(C)(C)C. The van der Waals surface area contributed by atoms with Gasteiger partial charge in [-0.2, -0.15) is 0 Å². The van der Waals surface area contributed by atoms with E-state index in [9.17, 15) is 14.4 Å². The van der Waals surface area contributed by atoms with Gasteiger partial charge in [-0.15, -0.1) is 0 Å². The van der Waals surface area contributed by atoms with Crippen molar-refractivity contribution in [1.29, 1.82) is 0 Å². The quantitative estimate of drug-likeness (QED) is 0.699. The van der Waals surface area contributed by atoms with Crippen molar-refractivity contribution < 1.29 is 14.4 Å². The van der Waals surface area contributed by atoms with E-state index < -0.39 is 6.04 Å². The molecule has 0 saturated carbocycles. The molecule has 0 aromatic heterocycles. The molecule has 6 nitrogen and oxygen atoms in total. The van der Waals surface area contributed by atoms with Crippen molar-refractivity contribution in [3.8, 4) is 0 Å². The molecule has 0 aliphatic carbocycles. The Morgan fingerprint density at radius 1 is 0.929 bits per heavy atom. The molecule has 0 aliphatic rings. The fourth-order valence-corrected chi connectivity index (χ4v) is 2.62. The van der Waals surface area contributed by atoms with Crippen LogP contribution in [0.3, 0.4) is 0 Å². The van der Waals surface area contributed by atoms with Crippen molar-refractivity contribution in [3.05, 3.63) is 35.4 Å². The van der Waals surface area contributed by atoms with Gasteiger partial charge in [0.25, 0.3) is 5.91 Å². The standard InChI is InChI=1S/C22H35N3O3/c1-14(2)18(20(28)23-13-17(26)25-22(6,7)8)24-19(27)15-9-11-16(12-10-15)21(3,4)5/h9-12,14,18H,13H2,1-8H3,(H,23,28)(H,24,27)(H,25,26)/t18-/m0/s1. The van der Waals surface area contributed by atoms with E-state index in [0.717, 1.165) is 5.56 Å². The van der Waals surface area contributed by atoms with Crippen LogP contribution in [0.25, 0.3) is 0 Å². The average molecular weight is 390 g/mol. The second-order valence-corrected chi connectivity index (χ2v) is 9.54. The summed E-state index contributed by atoms with van der Waals surface area (Å²) in [5, 5.41) is 8.17. The Kier molecular flexibility index (Phi) is 7.79. The van der Waals surface area contributed by atoms with Crippen LogP contribution in [0.5, 0.6) is 0 Å². The summed E-state index contributed by atoms with van der Waals surface area (Å²) in [4.78, 5) is 37.0. The fraction of sp³-hybridized carbons (Fsp3) is 0.591. The Morgan fingerprint density at radius 3 is 1.89 bits per heavy atom. The van der Waals surface area contributed by atoms with E-state index in [1.807, 2.05) is 46.8 Å². The highest BCUT2D eigenvalue weighted by molar-refractivity contribution is 5.98. The fourth-order valence-electron chi connectivity index (χ4n) is 2.62. The average Bonchev–Trinajstić information content (AvgIpc) is 2.54. The van der Waals surface area contributed by atoms with E-state index >= 15 is 0 Å². The molecule has 0 heterocycles. The number of rotatable bonds is 6. The first-order chi connectivity index (χ1) is 12.7. The van der Waals surface area contributed by atoms with Crippen LogP contribution in [0.15, 0.2) is 24.3 Å². The summed E-state index contributed by atoms with van der Waals surface area (Å²) < 4.78 is 0. The number of carbonyl (C=O) groups excluding carboxylic acids is 3. The maximum atomic E-state index is 12.6. The molecule has 156 valence electrons. The number of amides is 3. The van der Waals surface area contributed by atoms with Crippen molar-refractivity contribution in [1.82, 2.24) is 16.0 Å². The monoisotopic (exact) mass is 389 g/mol. The van der Waals surface area contributed by atoms with E-state index in [4.69, 9.17) is 0 Å². The lowest BCUT2D eigenvalue weighted by Crippen LogP contribution is -2.52. The number of nitrogens with one attached hydrogen (secondary N) is 3. The van der Waals surface area contributed by atoms with Gasteiger partial charge in [0.1, 0.15) is 6.04 Å². The van der Waals surface area contributed by atoms with Gasteiger partial charge in [-0.3, -0.25) is 14.4 Å². The Labute approximate surface area is 168 Å². The second-order valence-electron chi connectivity index (χ2n) is 9.54. The van der Waals surface area contributed by atoms with Gasteiger partial charge in [0, 0.05) is 11.1 Å². The van der Waals surface area contributed by atoms with Crippen LogP contribution in [0.1, 0.15) is 71.3 Å². The molecular weight excluding hydrogens is 354 g/mol. The zero-order valence-corrected chi connectivity index (χ0v) is 18.4. The lowest BCUT2D eigenvalue weighted by molar-refractivity contribution is -0.128. The van der Waals surface area contributed by atoms with E-state index in [-0.39, 0.29) is 41.1 Å². The first kappa shape index (κ1) is 23.7. The summed E-state index contributed by atoms with van der Waals surface area (Å²) in [5.74, 6) is -1.08. The zero-order valence-electron chi connectivity index (χ0n) is 18.4. The molecule has 0 spiro atoms. The number of benzene rings is 1. The van der Waals surface area contributed by atoms with Crippen LogP contribution >= 0.6 is 0 Å². The highest BCUT2D eigenvalue weighted by atomic mass is 16.2. The summed E-state index contributed by atoms with van der Waals surface area (Å²) in [6.45, 7) is 15.5. The van der Waals surface area contributed by atoms with Crippen molar-refractivity contribution in [2.24, 2.45) is 5.92 Å². The molecule has 0 aliphatic heterocycles. The lowest BCUT2D eigenvalue weighted by Gasteiger charge is -2.24. The largest absolute Gasteiger partial charge is 0.350 e. The Bertz CT molecular complexity index is 695. The number of hydrogen-bond donors (Lipinski definition) is 3. The maximum Gasteiger partial charge on any atom is 0.251 e. The Hall–Kier alpha value is -2.37. The van der Waals surface area contributed by atoms with Crippen LogP contribution in [0.4, 0.5) is 0 Å². The van der Waals surface area contributed by atoms with E-state index in [2.05, 4.69) is 36.7 Å². The van der Waals surface area contributed by atoms with E-state index in [0.29, 0.717) is 5.56 Å². The van der Waals surface area contributed by atoms with Crippen molar-refractivity contribution in [3.63, 3.8) is 0 Å². The predicted molar refractivity (Wildman–Crippen MR) is 112 cm³/mol. The summed E-state index contributed by atoms with van der Waals surface area (Å²) >= 11 is 0. The summed E-state index contributed by atoms with van der Waals surface area (Å²) in [6, 6.07) is 6.66. The molecule has 0 radical (unpaired) electrons. The van der Waals surface area contributed by atoms with Gasteiger partial charge in [0.05, 0.1) is 6.54 Å². The van der Waals surface area contributed by atoms with Crippen molar-refractivity contribution >= 4 is 17.7 Å². The highest BCUT2D eigenvalue weighted by Crippen LogP contribution is 2.22. The van der Waals surface area contributed by atoms with Crippen LogP contribution in [0.2, 0.25) is 0 Å². The van der Waals surface area contributed by atoms with Crippen LogP contribution in [-0.2, 0) is 15.0 Å². The van der Waals surface area contributed by atoms with Gasteiger partial charge in [0.15, 0.2) is 0 Å². The molecule has 0 fully saturated rings. The molecule has 3 N–H and O–H groups in total. The molecular formula is C22H35N3O3. The predicted octanol–water partition coefficient (Wildman–Crippen LogP) is 2.77. The highest BCUT2D eigenvalue weighted by Gasteiger charge is 2.25. The minimum atomic E-state index is -0.725. The van der Waals surface area contributed by atoms with Gasteiger partial charge in [-0.25, -0.2) is 0 Å². The van der Waals surface area contributed by atoms with Crippen LogP contribution in [0, 0.1) is 5.92 Å². The van der Waals surface area contributed by atoms with Gasteiger partial charge in [-0.1, -0.05) is 46.8 Å². The number of hydrogen-bond acceptors (Lipinski definition) is 3. The first-order valence-corrected chi connectivity index (χ1v) is 9.71. The minimum absolute atomic E-state index is 0.00296. The lowest BCUT2D eigenvalue weighted by atomic mass is 9.86. The minimum Gasteiger partial charge on any atom is -0.350 e. The van der Waals surface area contributed by atoms with Crippen LogP contribution < -0.4 is 16.0 Å². The van der Waals surface area contributed by atoms with Gasteiger partial charge in [-0.05, 0) is 49.8 Å². The van der Waals surface area contributed by atoms with Crippen molar-refractivity contribution in [2.75, 3.05) is 6.54 Å². The number of carbonyl (C=O) groups is 3. The molecule has 3 amide bonds. The van der Waals surface area contributed by atoms with Crippen molar-refractivity contribution in [2.45, 2.75) is 72.4 Å². The molecule has 0 bridgehead atoms. The summed E-state index contributed by atoms with van der Waals surface area (Å²) in [5.41, 5.74) is 1.26. The molecule has 28 heavy (non-hydrogen) atoms. The van der Waals surface area contributed by atoms with Gasteiger partial charge < -0.3 is 16.0 Å². The Balaban J connectivity index is 2.74. The molecule has 0 unspecified atom stereocenters. The van der Waals surface area contributed by atoms with Gasteiger partial charge >= 0.3 is 0 Å². The molecule has 1 atom stereocenters. The summed E-state index contributed by atoms with van der Waals surface area (Å²) in [6.07, 6.45) is 0. The van der Waals surface area contributed by atoms with Gasteiger partial charge in [0.2, 0.25) is 11.8 Å². The second kappa shape index (κ2) is 9.22. The third-order valence-corrected chi connectivity index (χ3v) is 4.19. The topological polar surface area (TPSA) is 87.3 Å². The Morgan fingerprint density at radius 2 is 1.46 bits per heavy atom. The van der Waals surface area contributed by atoms with E-state index in [1.54, 1.807) is 12.1 Å². The maximum absolute atomic E-state index is 12.6. The molecule has 1 aromatic carbocycles. The first-order valence-electron chi connectivity index (χ1n) is 9.71. The molecule has 0 saturated heterocycles.